The molecule has 2 fully saturated rings. The van der Waals surface area contributed by atoms with E-state index in [9.17, 15) is 0 Å². The molecule has 1 aromatic carbocycles. The van der Waals surface area contributed by atoms with E-state index in [1.54, 1.807) is 6.26 Å². The molecule has 2 N–H and O–H groups in total. The Labute approximate surface area is 184 Å². The molecule has 1 unspecified atom stereocenters. The van der Waals surface area contributed by atoms with Gasteiger partial charge in [0.15, 0.2) is 5.96 Å². The Morgan fingerprint density at radius 3 is 2.50 bits per heavy atom. The summed E-state index contributed by atoms with van der Waals surface area (Å²) in [5.41, 5.74) is 2.59. The Morgan fingerprint density at radius 1 is 1.07 bits per heavy atom. The first-order valence-corrected chi connectivity index (χ1v) is 12.1. The van der Waals surface area contributed by atoms with Crippen molar-refractivity contribution in [2.75, 3.05) is 56.2 Å². The van der Waals surface area contributed by atoms with Crippen LogP contribution in [0.4, 0.5) is 5.69 Å². The molecule has 0 spiro atoms. The van der Waals surface area contributed by atoms with Gasteiger partial charge in [0.2, 0.25) is 0 Å². The number of thioether (sulfide) groups is 1. The SMILES string of the molecule is CN=C(NCc1ccc(N2CCSCC2)cc1)NCC(c1ccco1)N1CCCC1. The van der Waals surface area contributed by atoms with Gasteiger partial charge in [-0.15, -0.1) is 0 Å². The van der Waals surface area contributed by atoms with Gasteiger partial charge in [0.05, 0.1) is 12.3 Å². The fourth-order valence-electron chi connectivity index (χ4n) is 4.19. The molecule has 0 amide bonds. The average molecular weight is 428 g/mol. The number of benzene rings is 1. The minimum atomic E-state index is 0.239. The van der Waals surface area contributed by atoms with Crippen molar-refractivity contribution in [3.63, 3.8) is 0 Å². The van der Waals surface area contributed by atoms with Crippen LogP contribution in [0, 0.1) is 0 Å². The molecule has 0 radical (unpaired) electrons. The Hall–Kier alpha value is -2.12. The van der Waals surface area contributed by atoms with Crippen LogP contribution in [0.25, 0.3) is 0 Å². The number of likely N-dealkylation sites (tertiary alicyclic amines) is 1. The molecule has 0 bridgehead atoms. The summed E-state index contributed by atoms with van der Waals surface area (Å²) in [6.45, 7) is 6.08. The monoisotopic (exact) mass is 427 g/mol. The van der Waals surface area contributed by atoms with Crippen molar-refractivity contribution in [2.24, 2.45) is 4.99 Å². The third-order valence-electron chi connectivity index (χ3n) is 5.91. The first-order valence-electron chi connectivity index (χ1n) is 11.0. The maximum absolute atomic E-state index is 5.72. The third-order valence-corrected chi connectivity index (χ3v) is 6.85. The van der Waals surface area contributed by atoms with Crippen molar-refractivity contribution >= 4 is 23.4 Å². The van der Waals surface area contributed by atoms with Crippen molar-refractivity contribution in [3.8, 4) is 0 Å². The van der Waals surface area contributed by atoms with E-state index in [-0.39, 0.29) is 6.04 Å². The van der Waals surface area contributed by atoms with Crippen LogP contribution >= 0.6 is 11.8 Å². The summed E-state index contributed by atoms with van der Waals surface area (Å²) in [7, 11) is 1.82. The van der Waals surface area contributed by atoms with Gasteiger partial charge in [0.25, 0.3) is 0 Å². The van der Waals surface area contributed by atoms with Crippen molar-refractivity contribution in [3.05, 3.63) is 54.0 Å². The van der Waals surface area contributed by atoms with E-state index in [1.165, 1.54) is 35.6 Å². The molecule has 30 heavy (non-hydrogen) atoms. The minimum absolute atomic E-state index is 0.239. The number of aliphatic imine (C=N–C) groups is 1. The topological polar surface area (TPSA) is 56.0 Å². The molecule has 4 rings (SSSR count). The maximum atomic E-state index is 5.72. The standard InChI is InChI=1S/C23H33N5OS/c1-24-23(26-18-21(22-5-4-14-29-22)28-10-2-3-11-28)25-17-19-6-8-20(9-7-19)27-12-15-30-16-13-27/h4-9,14,21H,2-3,10-13,15-18H2,1H3,(H2,24,25,26). The van der Waals surface area contributed by atoms with Gasteiger partial charge in [-0.1, -0.05) is 12.1 Å². The average Bonchev–Trinajstić information content (AvgIpc) is 3.52. The van der Waals surface area contributed by atoms with E-state index < -0.39 is 0 Å². The van der Waals surface area contributed by atoms with Crippen LogP contribution in [0.15, 0.2) is 52.1 Å². The lowest BCUT2D eigenvalue weighted by atomic mass is 10.2. The predicted molar refractivity (Wildman–Crippen MR) is 126 cm³/mol. The zero-order valence-corrected chi connectivity index (χ0v) is 18.7. The number of rotatable bonds is 7. The van der Waals surface area contributed by atoms with Crippen LogP contribution in [0.2, 0.25) is 0 Å². The van der Waals surface area contributed by atoms with Crippen molar-refractivity contribution in [1.29, 1.82) is 0 Å². The molecule has 2 saturated heterocycles. The Morgan fingerprint density at radius 2 is 1.83 bits per heavy atom. The summed E-state index contributed by atoms with van der Waals surface area (Å²) < 4.78 is 5.72. The first kappa shape index (κ1) is 21.1. The third kappa shape index (κ3) is 5.52. The molecule has 0 aliphatic carbocycles. The van der Waals surface area contributed by atoms with Crippen LogP contribution < -0.4 is 15.5 Å². The quantitative estimate of drug-likeness (QED) is 0.522. The molecule has 2 aliphatic rings. The second kappa shape index (κ2) is 10.8. The van der Waals surface area contributed by atoms with Gasteiger partial charge < -0.3 is 20.0 Å². The van der Waals surface area contributed by atoms with Crippen molar-refractivity contribution < 1.29 is 4.42 Å². The van der Waals surface area contributed by atoms with Gasteiger partial charge in [0, 0.05) is 50.4 Å². The maximum Gasteiger partial charge on any atom is 0.191 e. The van der Waals surface area contributed by atoms with E-state index in [1.807, 2.05) is 24.9 Å². The Balaban J connectivity index is 1.29. The summed E-state index contributed by atoms with van der Waals surface area (Å²) in [4.78, 5) is 9.38. The number of nitrogens with zero attached hydrogens (tertiary/aromatic N) is 3. The summed E-state index contributed by atoms with van der Waals surface area (Å²) in [6.07, 6.45) is 4.28. The fraction of sp³-hybridized carbons (Fsp3) is 0.522. The largest absolute Gasteiger partial charge is 0.468 e. The molecule has 3 heterocycles. The molecule has 162 valence electrons. The van der Waals surface area contributed by atoms with Gasteiger partial charge >= 0.3 is 0 Å². The summed E-state index contributed by atoms with van der Waals surface area (Å²) in [6, 6.07) is 13.2. The fourth-order valence-corrected chi connectivity index (χ4v) is 5.09. The number of guanidine groups is 1. The van der Waals surface area contributed by atoms with Gasteiger partial charge in [-0.05, 0) is 55.8 Å². The zero-order valence-electron chi connectivity index (χ0n) is 17.8. The highest BCUT2D eigenvalue weighted by Gasteiger charge is 2.25. The van der Waals surface area contributed by atoms with Gasteiger partial charge in [-0.3, -0.25) is 9.89 Å². The van der Waals surface area contributed by atoms with Crippen LogP contribution in [0.3, 0.4) is 0 Å². The second-order valence-electron chi connectivity index (χ2n) is 7.85. The van der Waals surface area contributed by atoms with Crippen LogP contribution in [-0.4, -0.2) is 62.1 Å². The van der Waals surface area contributed by atoms with E-state index in [0.29, 0.717) is 0 Å². The summed E-state index contributed by atoms with van der Waals surface area (Å²) in [5.74, 6) is 4.29. The highest BCUT2D eigenvalue weighted by molar-refractivity contribution is 7.99. The Bertz CT molecular complexity index is 780. The lowest BCUT2D eigenvalue weighted by Crippen LogP contribution is -2.42. The first-order chi connectivity index (χ1) is 14.8. The number of hydrogen-bond donors (Lipinski definition) is 2. The number of anilines is 1. The molecule has 2 aliphatic heterocycles. The Kier molecular flexibility index (Phi) is 7.59. The van der Waals surface area contributed by atoms with Crippen LogP contribution in [0.5, 0.6) is 0 Å². The minimum Gasteiger partial charge on any atom is -0.468 e. The molecular weight excluding hydrogens is 394 g/mol. The summed E-state index contributed by atoms with van der Waals surface area (Å²) in [5, 5.41) is 6.94. The van der Waals surface area contributed by atoms with Gasteiger partial charge in [0.1, 0.15) is 5.76 Å². The van der Waals surface area contributed by atoms with Gasteiger partial charge in [-0.2, -0.15) is 11.8 Å². The number of furan rings is 1. The molecule has 1 aromatic heterocycles. The smallest absolute Gasteiger partial charge is 0.191 e. The van der Waals surface area contributed by atoms with Crippen molar-refractivity contribution in [1.82, 2.24) is 15.5 Å². The van der Waals surface area contributed by atoms with Crippen LogP contribution in [-0.2, 0) is 6.54 Å². The lowest BCUT2D eigenvalue weighted by Gasteiger charge is -2.28. The molecule has 1 atom stereocenters. The molecule has 6 nitrogen and oxygen atoms in total. The second-order valence-corrected chi connectivity index (χ2v) is 9.07. The van der Waals surface area contributed by atoms with Crippen molar-refractivity contribution in [2.45, 2.75) is 25.4 Å². The molecule has 2 aromatic rings. The highest BCUT2D eigenvalue weighted by Crippen LogP contribution is 2.25. The highest BCUT2D eigenvalue weighted by atomic mass is 32.2. The summed E-state index contributed by atoms with van der Waals surface area (Å²) >= 11 is 2.04. The van der Waals surface area contributed by atoms with Gasteiger partial charge in [-0.25, -0.2) is 0 Å². The molecule has 0 saturated carbocycles. The normalized spacial score (nSPS) is 19.1. The number of nitrogens with one attached hydrogen (secondary N) is 2. The van der Waals surface area contributed by atoms with E-state index in [2.05, 4.69) is 55.8 Å². The lowest BCUT2D eigenvalue weighted by molar-refractivity contribution is 0.215. The predicted octanol–water partition coefficient (Wildman–Crippen LogP) is 3.33. The number of hydrogen-bond acceptors (Lipinski definition) is 5. The molecular formula is C23H33N5OS. The van der Waals surface area contributed by atoms with Crippen LogP contribution in [0.1, 0.15) is 30.2 Å². The van der Waals surface area contributed by atoms with E-state index >= 15 is 0 Å². The zero-order chi connectivity index (χ0) is 20.6. The van der Waals surface area contributed by atoms with E-state index in [4.69, 9.17) is 4.42 Å². The molecule has 7 heteroatoms. The van der Waals surface area contributed by atoms with E-state index in [0.717, 1.165) is 51.0 Å².